The van der Waals surface area contributed by atoms with E-state index in [1.165, 1.54) is 23.5 Å². The molecule has 0 aliphatic heterocycles. The molecule has 0 aliphatic rings. The second-order valence-corrected chi connectivity index (χ2v) is 7.71. The molecule has 0 N–H and O–H groups in total. The van der Waals surface area contributed by atoms with Gasteiger partial charge < -0.3 is 4.74 Å². The minimum absolute atomic E-state index is 0.0949. The van der Waals surface area contributed by atoms with Crippen molar-refractivity contribution in [2.24, 2.45) is 0 Å². The van der Waals surface area contributed by atoms with Gasteiger partial charge in [-0.05, 0) is 54.4 Å². The summed E-state index contributed by atoms with van der Waals surface area (Å²) in [7, 11) is 0. The third kappa shape index (κ3) is 4.63. The Labute approximate surface area is 177 Å². The summed E-state index contributed by atoms with van der Waals surface area (Å²) in [5, 5.41) is 0.537. The maximum Gasteiger partial charge on any atom is 0.233 e. The highest BCUT2D eigenvalue weighted by Gasteiger charge is 2.21. The maximum absolute atomic E-state index is 13.6. The van der Waals surface area contributed by atoms with Gasteiger partial charge in [0.1, 0.15) is 11.6 Å². The van der Waals surface area contributed by atoms with Crippen LogP contribution in [0, 0.1) is 5.82 Å². The zero-order valence-corrected chi connectivity index (χ0v) is 17.2. The van der Waals surface area contributed by atoms with E-state index in [2.05, 4.69) is 9.97 Å². The number of thiazole rings is 1. The number of ether oxygens (including phenoxy) is 1. The summed E-state index contributed by atoms with van der Waals surface area (Å²) in [6, 6.07) is 15.7. The van der Waals surface area contributed by atoms with Crippen LogP contribution in [0.3, 0.4) is 0 Å². The molecule has 7 heteroatoms. The first-order valence-electron chi connectivity index (χ1n) is 9.59. The largest absolute Gasteiger partial charge is 0.494 e. The van der Waals surface area contributed by atoms with Crippen molar-refractivity contribution in [3.63, 3.8) is 0 Å². The molecule has 2 aromatic carbocycles. The lowest BCUT2D eigenvalue weighted by Crippen LogP contribution is -2.31. The summed E-state index contributed by atoms with van der Waals surface area (Å²) < 4.78 is 19.8. The van der Waals surface area contributed by atoms with Gasteiger partial charge in [0, 0.05) is 12.4 Å². The molecule has 1 amide bonds. The summed E-state index contributed by atoms with van der Waals surface area (Å²) >= 11 is 1.30. The van der Waals surface area contributed by atoms with Crippen molar-refractivity contribution in [3.05, 3.63) is 83.9 Å². The van der Waals surface area contributed by atoms with Crippen molar-refractivity contribution in [1.82, 2.24) is 9.97 Å². The topological polar surface area (TPSA) is 55.3 Å². The van der Waals surface area contributed by atoms with E-state index in [0.29, 0.717) is 28.5 Å². The summed E-state index contributed by atoms with van der Waals surface area (Å²) in [4.78, 5) is 23.6. The highest BCUT2D eigenvalue weighted by Crippen LogP contribution is 2.31. The molecule has 2 aromatic heterocycles. The smallest absolute Gasteiger partial charge is 0.233 e. The van der Waals surface area contributed by atoms with Gasteiger partial charge in [-0.15, -0.1) is 0 Å². The molecule has 5 nitrogen and oxygen atoms in total. The van der Waals surface area contributed by atoms with Crippen LogP contribution in [0.1, 0.15) is 18.1 Å². The minimum Gasteiger partial charge on any atom is -0.494 e. The van der Waals surface area contributed by atoms with E-state index < -0.39 is 0 Å². The number of carbonyl (C=O) groups excluding carboxylic acids is 1. The molecule has 0 fully saturated rings. The Morgan fingerprint density at radius 3 is 2.70 bits per heavy atom. The molecule has 0 atom stereocenters. The Hall–Kier alpha value is -3.32. The number of amides is 1. The Morgan fingerprint density at radius 1 is 1.13 bits per heavy atom. The number of anilines is 1. The molecule has 0 radical (unpaired) electrons. The zero-order chi connectivity index (χ0) is 20.9. The fourth-order valence-electron chi connectivity index (χ4n) is 3.08. The Bertz CT molecular complexity index is 1150. The third-order valence-corrected chi connectivity index (χ3v) is 5.57. The van der Waals surface area contributed by atoms with E-state index in [9.17, 15) is 9.18 Å². The van der Waals surface area contributed by atoms with Gasteiger partial charge in [-0.3, -0.25) is 14.7 Å². The predicted molar refractivity (Wildman–Crippen MR) is 116 cm³/mol. The molecule has 4 aromatic rings. The lowest BCUT2D eigenvalue weighted by molar-refractivity contribution is -0.118. The van der Waals surface area contributed by atoms with Crippen LogP contribution in [-0.2, 0) is 17.8 Å². The number of benzene rings is 2. The standard InChI is InChI=1S/C23H20FN3O2S/c1-2-29-19-8-5-16(6-9-19)12-22(28)27(15-17-4-3-11-25-14-17)23-26-20-10-7-18(24)13-21(20)30-23/h3-11,13-14H,2,12,15H2,1H3. The number of rotatable bonds is 7. The van der Waals surface area contributed by atoms with Crippen LogP contribution in [0.5, 0.6) is 5.75 Å². The van der Waals surface area contributed by atoms with Crippen LogP contribution in [0.2, 0.25) is 0 Å². The Morgan fingerprint density at radius 2 is 1.97 bits per heavy atom. The average Bonchev–Trinajstić information content (AvgIpc) is 3.17. The van der Waals surface area contributed by atoms with E-state index in [0.717, 1.165) is 16.9 Å². The van der Waals surface area contributed by atoms with Crippen LogP contribution in [-0.4, -0.2) is 22.5 Å². The van der Waals surface area contributed by atoms with E-state index >= 15 is 0 Å². The first-order chi connectivity index (χ1) is 14.6. The van der Waals surface area contributed by atoms with Crippen LogP contribution in [0.25, 0.3) is 10.2 Å². The molecule has 0 saturated heterocycles. The number of hydrogen-bond donors (Lipinski definition) is 0. The molecule has 30 heavy (non-hydrogen) atoms. The second kappa shape index (κ2) is 9.00. The van der Waals surface area contributed by atoms with Crippen molar-refractivity contribution in [2.75, 3.05) is 11.5 Å². The molecule has 152 valence electrons. The van der Waals surface area contributed by atoms with Gasteiger partial charge in [0.2, 0.25) is 5.91 Å². The first kappa shape index (κ1) is 20.0. The number of halogens is 1. The van der Waals surface area contributed by atoms with Crippen LogP contribution in [0.15, 0.2) is 67.0 Å². The van der Waals surface area contributed by atoms with Crippen molar-refractivity contribution < 1.29 is 13.9 Å². The molecular weight excluding hydrogens is 401 g/mol. The van der Waals surface area contributed by atoms with E-state index in [1.807, 2.05) is 43.3 Å². The molecular formula is C23H20FN3O2S. The van der Waals surface area contributed by atoms with Crippen molar-refractivity contribution >= 4 is 32.6 Å². The monoisotopic (exact) mass is 421 g/mol. The van der Waals surface area contributed by atoms with Crippen molar-refractivity contribution in [1.29, 1.82) is 0 Å². The number of nitrogens with zero attached hydrogens (tertiary/aromatic N) is 3. The fraction of sp³-hybridized carbons (Fsp3) is 0.174. The van der Waals surface area contributed by atoms with E-state index in [1.54, 1.807) is 23.4 Å². The van der Waals surface area contributed by atoms with Gasteiger partial charge in [-0.2, -0.15) is 0 Å². The fourth-order valence-corrected chi connectivity index (χ4v) is 4.09. The quantitative estimate of drug-likeness (QED) is 0.421. The van der Waals surface area contributed by atoms with Gasteiger partial charge in [0.25, 0.3) is 0 Å². The van der Waals surface area contributed by atoms with E-state index in [4.69, 9.17) is 4.74 Å². The lowest BCUT2D eigenvalue weighted by Gasteiger charge is -2.20. The summed E-state index contributed by atoms with van der Waals surface area (Å²) in [5.74, 6) is 0.355. The first-order valence-corrected chi connectivity index (χ1v) is 10.4. The molecule has 0 aliphatic carbocycles. The highest BCUT2D eigenvalue weighted by atomic mass is 32.1. The molecule has 2 heterocycles. The Kier molecular flexibility index (Phi) is 5.99. The molecule has 4 rings (SSSR count). The van der Waals surface area contributed by atoms with Gasteiger partial charge in [-0.25, -0.2) is 9.37 Å². The molecule has 0 saturated carbocycles. The zero-order valence-electron chi connectivity index (χ0n) is 16.4. The van der Waals surface area contributed by atoms with Crippen molar-refractivity contribution in [3.8, 4) is 5.75 Å². The number of aromatic nitrogens is 2. The maximum atomic E-state index is 13.6. The third-order valence-electron chi connectivity index (χ3n) is 4.52. The van der Waals surface area contributed by atoms with Crippen LogP contribution < -0.4 is 9.64 Å². The molecule has 0 unspecified atom stereocenters. The highest BCUT2D eigenvalue weighted by molar-refractivity contribution is 7.22. The summed E-state index contributed by atoms with van der Waals surface area (Å²) in [6.45, 7) is 2.86. The number of hydrogen-bond acceptors (Lipinski definition) is 5. The van der Waals surface area contributed by atoms with Gasteiger partial charge in [0.15, 0.2) is 5.13 Å². The lowest BCUT2D eigenvalue weighted by atomic mass is 10.1. The summed E-state index contributed by atoms with van der Waals surface area (Å²) in [6.07, 6.45) is 3.64. The van der Waals surface area contributed by atoms with Gasteiger partial charge >= 0.3 is 0 Å². The van der Waals surface area contributed by atoms with E-state index in [-0.39, 0.29) is 18.1 Å². The second-order valence-electron chi connectivity index (χ2n) is 6.70. The average molecular weight is 421 g/mol. The molecule has 0 bridgehead atoms. The summed E-state index contributed by atoms with van der Waals surface area (Å²) in [5.41, 5.74) is 2.44. The van der Waals surface area contributed by atoms with Crippen LogP contribution >= 0.6 is 11.3 Å². The normalized spacial score (nSPS) is 10.9. The van der Waals surface area contributed by atoms with Gasteiger partial charge in [0.05, 0.1) is 29.8 Å². The minimum atomic E-state index is -0.322. The SMILES string of the molecule is CCOc1ccc(CC(=O)N(Cc2cccnc2)c2nc3ccc(F)cc3s2)cc1. The van der Waals surface area contributed by atoms with Crippen LogP contribution in [0.4, 0.5) is 9.52 Å². The van der Waals surface area contributed by atoms with Gasteiger partial charge in [-0.1, -0.05) is 29.5 Å². The number of fused-ring (bicyclic) bond motifs is 1. The van der Waals surface area contributed by atoms with Crippen molar-refractivity contribution in [2.45, 2.75) is 19.9 Å². The molecule has 0 spiro atoms. The predicted octanol–water partition coefficient (Wildman–Crippen LogP) is 5.01. The number of pyridine rings is 1. The Balaban J connectivity index is 1.62. The number of carbonyl (C=O) groups is 1.